The standard InChI is InChI=1S/C29H22FNO4/c1-34-25-19-11-9-17-23(25)29(30)22-16-8-10-18-24(22)31(28(29)33)35-27(32)26(20-12-4-2-5-13-20)21-14-6-3-7-15-21/h2-19,26H,1H3/t29-/m1/s1. The highest BCUT2D eigenvalue weighted by Gasteiger charge is 2.56. The predicted octanol–water partition coefficient (Wildman–Crippen LogP) is 5.55. The minimum atomic E-state index is -2.58. The lowest BCUT2D eigenvalue weighted by Crippen LogP contribution is -2.40. The van der Waals surface area contributed by atoms with Gasteiger partial charge < -0.3 is 9.57 Å². The van der Waals surface area contributed by atoms with Gasteiger partial charge in [-0.25, -0.2) is 9.18 Å². The third-order valence-electron chi connectivity index (χ3n) is 6.13. The van der Waals surface area contributed by atoms with Gasteiger partial charge in [-0.15, -0.1) is 5.06 Å². The maximum Gasteiger partial charge on any atom is 0.344 e. The second kappa shape index (κ2) is 9.06. The molecule has 1 aliphatic rings. The Bertz CT molecular complexity index is 1340. The summed E-state index contributed by atoms with van der Waals surface area (Å²) in [5.74, 6) is -2.30. The van der Waals surface area contributed by atoms with Crippen molar-refractivity contribution in [3.63, 3.8) is 0 Å². The van der Waals surface area contributed by atoms with Gasteiger partial charge in [0.05, 0.1) is 12.8 Å². The van der Waals surface area contributed by atoms with Crippen LogP contribution in [0.25, 0.3) is 0 Å². The van der Waals surface area contributed by atoms with Gasteiger partial charge in [0.2, 0.25) is 5.67 Å². The number of halogens is 1. The molecule has 0 fully saturated rings. The van der Waals surface area contributed by atoms with Gasteiger partial charge in [-0.05, 0) is 23.3 Å². The summed E-state index contributed by atoms with van der Waals surface area (Å²) in [4.78, 5) is 32.8. The van der Waals surface area contributed by atoms with Crippen molar-refractivity contribution in [3.8, 4) is 5.75 Å². The molecule has 0 aromatic heterocycles. The van der Waals surface area contributed by atoms with Gasteiger partial charge in [0.15, 0.2) is 0 Å². The van der Waals surface area contributed by atoms with Crippen LogP contribution in [0.4, 0.5) is 10.1 Å². The van der Waals surface area contributed by atoms with E-state index in [-0.39, 0.29) is 22.6 Å². The van der Waals surface area contributed by atoms with E-state index in [1.54, 1.807) is 36.4 Å². The zero-order valence-corrected chi connectivity index (χ0v) is 18.9. The SMILES string of the molecule is COc1ccccc1[C@@]1(F)C(=O)N(OC(=O)C(c2ccccc2)c2ccccc2)c2ccccc21. The molecule has 4 aromatic rings. The highest BCUT2D eigenvalue weighted by atomic mass is 19.1. The molecule has 1 atom stereocenters. The van der Waals surface area contributed by atoms with E-state index in [1.807, 2.05) is 60.7 Å². The molecular weight excluding hydrogens is 445 g/mol. The molecule has 6 heteroatoms. The monoisotopic (exact) mass is 467 g/mol. The number of amides is 1. The first-order valence-corrected chi connectivity index (χ1v) is 11.1. The zero-order chi connectivity index (χ0) is 24.4. The van der Waals surface area contributed by atoms with E-state index in [4.69, 9.17) is 9.57 Å². The summed E-state index contributed by atoms with van der Waals surface area (Å²) in [7, 11) is 1.41. The van der Waals surface area contributed by atoms with E-state index >= 15 is 4.39 Å². The van der Waals surface area contributed by atoms with E-state index in [0.29, 0.717) is 11.1 Å². The lowest BCUT2D eigenvalue weighted by Gasteiger charge is -2.24. The number of alkyl halides is 1. The summed E-state index contributed by atoms with van der Waals surface area (Å²) in [6, 6.07) is 31.0. The van der Waals surface area contributed by atoms with Crippen LogP contribution in [0.2, 0.25) is 0 Å². The number of anilines is 1. The van der Waals surface area contributed by atoms with E-state index in [1.165, 1.54) is 19.2 Å². The van der Waals surface area contributed by atoms with Gasteiger partial charge in [-0.2, -0.15) is 0 Å². The topological polar surface area (TPSA) is 55.8 Å². The Morgan fingerprint density at radius 2 is 1.29 bits per heavy atom. The number of rotatable bonds is 6. The number of fused-ring (bicyclic) bond motifs is 1. The molecule has 0 saturated heterocycles. The van der Waals surface area contributed by atoms with Gasteiger partial charge in [0.1, 0.15) is 11.7 Å². The van der Waals surface area contributed by atoms with Gasteiger partial charge in [-0.1, -0.05) is 97.1 Å². The van der Waals surface area contributed by atoms with Crippen LogP contribution in [0.1, 0.15) is 28.2 Å². The van der Waals surface area contributed by atoms with Crippen LogP contribution >= 0.6 is 0 Å². The predicted molar refractivity (Wildman–Crippen MR) is 130 cm³/mol. The number of hydroxylamine groups is 1. The van der Waals surface area contributed by atoms with Crippen molar-refractivity contribution in [1.82, 2.24) is 0 Å². The summed E-state index contributed by atoms with van der Waals surface area (Å²) >= 11 is 0. The number of nitrogens with zero attached hydrogens (tertiary/aromatic N) is 1. The number of hydrogen-bond acceptors (Lipinski definition) is 4. The number of carbonyl (C=O) groups is 2. The molecule has 0 spiro atoms. The van der Waals surface area contributed by atoms with Crippen molar-refractivity contribution in [1.29, 1.82) is 0 Å². The molecule has 5 rings (SSSR count). The first-order chi connectivity index (χ1) is 17.1. The molecule has 1 amide bonds. The van der Waals surface area contributed by atoms with Crippen LogP contribution in [-0.4, -0.2) is 19.0 Å². The molecule has 1 aliphatic heterocycles. The van der Waals surface area contributed by atoms with E-state index in [0.717, 1.165) is 5.06 Å². The van der Waals surface area contributed by atoms with Gasteiger partial charge in [0, 0.05) is 11.1 Å². The zero-order valence-electron chi connectivity index (χ0n) is 18.9. The molecule has 35 heavy (non-hydrogen) atoms. The number of benzene rings is 4. The largest absolute Gasteiger partial charge is 0.496 e. The first kappa shape index (κ1) is 22.3. The van der Waals surface area contributed by atoms with Crippen molar-refractivity contribution in [2.75, 3.05) is 12.2 Å². The molecule has 5 nitrogen and oxygen atoms in total. The van der Waals surface area contributed by atoms with E-state index in [9.17, 15) is 9.59 Å². The summed E-state index contributed by atoms with van der Waals surface area (Å²) in [5, 5.41) is 0.767. The average Bonchev–Trinajstić information content (AvgIpc) is 3.12. The van der Waals surface area contributed by atoms with Gasteiger partial charge in [-0.3, -0.25) is 4.79 Å². The minimum absolute atomic E-state index is 0.0427. The van der Waals surface area contributed by atoms with Crippen molar-refractivity contribution >= 4 is 17.6 Å². The second-order valence-electron chi connectivity index (χ2n) is 8.14. The Hall–Kier alpha value is -4.45. The third-order valence-corrected chi connectivity index (χ3v) is 6.13. The Morgan fingerprint density at radius 3 is 1.89 bits per heavy atom. The molecule has 1 heterocycles. The van der Waals surface area contributed by atoms with Crippen molar-refractivity contribution in [3.05, 3.63) is 131 Å². The maximum atomic E-state index is 16.8. The number of para-hydroxylation sites is 2. The van der Waals surface area contributed by atoms with E-state index < -0.39 is 23.5 Å². The Balaban J connectivity index is 1.56. The molecule has 0 radical (unpaired) electrons. The molecule has 0 aliphatic carbocycles. The number of methoxy groups -OCH3 is 1. The third kappa shape index (κ3) is 3.73. The number of hydrogen-bond donors (Lipinski definition) is 0. The van der Waals surface area contributed by atoms with Crippen LogP contribution in [-0.2, 0) is 20.1 Å². The summed E-state index contributed by atoms with van der Waals surface area (Å²) in [6.07, 6.45) is 0. The van der Waals surface area contributed by atoms with Crippen molar-refractivity contribution in [2.24, 2.45) is 0 Å². The number of carbonyl (C=O) groups excluding carboxylic acids is 2. The maximum absolute atomic E-state index is 16.8. The van der Waals surface area contributed by atoms with Crippen LogP contribution in [0.5, 0.6) is 5.75 Å². The molecule has 0 unspecified atom stereocenters. The molecule has 0 N–H and O–H groups in total. The molecule has 4 aromatic carbocycles. The average molecular weight is 467 g/mol. The fourth-order valence-corrected chi connectivity index (χ4v) is 4.49. The Kier molecular flexibility index (Phi) is 5.79. The first-order valence-electron chi connectivity index (χ1n) is 11.1. The minimum Gasteiger partial charge on any atom is -0.496 e. The van der Waals surface area contributed by atoms with Crippen LogP contribution in [0.3, 0.4) is 0 Å². The molecular formula is C29H22FNO4. The Labute approximate surface area is 202 Å². The summed E-state index contributed by atoms with van der Waals surface area (Å²) < 4.78 is 22.1. The van der Waals surface area contributed by atoms with Crippen LogP contribution in [0, 0.1) is 0 Å². The highest BCUT2D eigenvalue weighted by Crippen LogP contribution is 2.50. The molecule has 174 valence electrons. The lowest BCUT2D eigenvalue weighted by molar-refractivity contribution is -0.153. The molecule has 0 saturated carbocycles. The summed E-state index contributed by atoms with van der Waals surface area (Å²) in [5.41, 5.74) is -0.906. The van der Waals surface area contributed by atoms with Crippen LogP contribution in [0.15, 0.2) is 109 Å². The normalized spacial score (nSPS) is 16.8. The number of ether oxygens (including phenoxy) is 1. The Morgan fingerprint density at radius 1 is 0.771 bits per heavy atom. The highest BCUT2D eigenvalue weighted by molar-refractivity contribution is 6.09. The fraction of sp³-hybridized carbons (Fsp3) is 0.103. The van der Waals surface area contributed by atoms with Crippen molar-refractivity contribution < 1.29 is 23.6 Å². The fourth-order valence-electron chi connectivity index (χ4n) is 4.49. The van der Waals surface area contributed by atoms with Crippen LogP contribution < -0.4 is 9.80 Å². The summed E-state index contributed by atoms with van der Waals surface area (Å²) in [6.45, 7) is 0. The van der Waals surface area contributed by atoms with Gasteiger partial charge in [0.25, 0.3) is 0 Å². The quantitative estimate of drug-likeness (QED) is 0.373. The van der Waals surface area contributed by atoms with E-state index in [2.05, 4.69) is 0 Å². The molecule has 0 bridgehead atoms. The van der Waals surface area contributed by atoms with Crippen molar-refractivity contribution in [2.45, 2.75) is 11.6 Å². The van der Waals surface area contributed by atoms with Gasteiger partial charge >= 0.3 is 11.9 Å². The second-order valence-corrected chi connectivity index (χ2v) is 8.14. The lowest BCUT2D eigenvalue weighted by atomic mass is 9.88. The smallest absolute Gasteiger partial charge is 0.344 e.